The Labute approximate surface area is 107 Å². The second kappa shape index (κ2) is 5.69. The van der Waals surface area contributed by atoms with Crippen molar-refractivity contribution in [1.29, 1.82) is 0 Å². The molecule has 1 unspecified atom stereocenters. The fraction of sp³-hybridized carbons (Fsp3) is 0.357. The molecule has 1 heterocycles. The van der Waals surface area contributed by atoms with E-state index in [4.69, 9.17) is 10.5 Å². The number of rotatable bonds is 5. The molecule has 0 radical (unpaired) electrons. The Balaban J connectivity index is 1.86. The fourth-order valence-electron chi connectivity index (χ4n) is 1.90. The van der Waals surface area contributed by atoms with Crippen molar-refractivity contribution in [2.75, 3.05) is 6.61 Å². The molecular weight excluding hydrogens is 226 g/mol. The third kappa shape index (κ3) is 3.34. The highest BCUT2D eigenvalue weighted by molar-refractivity contribution is 5.21. The second-order valence-corrected chi connectivity index (χ2v) is 4.49. The molecule has 2 N–H and O–H groups in total. The van der Waals surface area contributed by atoms with Crippen molar-refractivity contribution in [1.82, 2.24) is 9.78 Å². The smallest absolute Gasteiger partial charge is 0.119 e. The number of aromatic nitrogens is 2. The van der Waals surface area contributed by atoms with E-state index < -0.39 is 0 Å². The first-order valence-corrected chi connectivity index (χ1v) is 6.08. The molecule has 0 amide bonds. The van der Waals surface area contributed by atoms with E-state index in [9.17, 15) is 0 Å². The van der Waals surface area contributed by atoms with Crippen molar-refractivity contribution >= 4 is 0 Å². The van der Waals surface area contributed by atoms with Gasteiger partial charge in [0, 0.05) is 25.2 Å². The SMILES string of the molecule is Cc1cc(CC(N)COc2ccccc2)n(C)n1. The van der Waals surface area contributed by atoms with Gasteiger partial charge in [-0.25, -0.2) is 0 Å². The molecule has 2 rings (SSSR count). The van der Waals surface area contributed by atoms with E-state index >= 15 is 0 Å². The Morgan fingerprint density at radius 2 is 2.06 bits per heavy atom. The van der Waals surface area contributed by atoms with Crippen LogP contribution in [0.1, 0.15) is 11.4 Å². The minimum atomic E-state index is -0.0278. The Kier molecular flexibility index (Phi) is 3.99. The zero-order valence-corrected chi connectivity index (χ0v) is 10.8. The van der Waals surface area contributed by atoms with Crippen molar-refractivity contribution in [3.05, 3.63) is 47.8 Å². The summed E-state index contributed by atoms with van der Waals surface area (Å²) >= 11 is 0. The standard InChI is InChI=1S/C14H19N3O/c1-11-8-13(17(2)16-11)9-12(15)10-18-14-6-4-3-5-7-14/h3-8,12H,9-10,15H2,1-2H3. The summed E-state index contributed by atoms with van der Waals surface area (Å²) in [5.74, 6) is 0.856. The van der Waals surface area contributed by atoms with Crippen LogP contribution in [0, 0.1) is 6.92 Å². The number of hydrogen-bond acceptors (Lipinski definition) is 3. The summed E-state index contributed by atoms with van der Waals surface area (Å²) in [6, 6.07) is 11.8. The lowest BCUT2D eigenvalue weighted by atomic mass is 10.2. The lowest BCUT2D eigenvalue weighted by Gasteiger charge is -2.13. The van der Waals surface area contributed by atoms with Crippen molar-refractivity contribution in [3.63, 3.8) is 0 Å². The van der Waals surface area contributed by atoms with Gasteiger partial charge in [-0.3, -0.25) is 4.68 Å². The van der Waals surface area contributed by atoms with E-state index in [0.717, 1.165) is 23.6 Å². The zero-order chi connectivity index (χ0) is 13.0. The molecule has 2 aromatic rings. The summed E-state index contributed by atoms with van der Waals surface area (Å²) in [6.45, 7) is 2.49. The van der Waals surface area contributed by atoms with Crippen LogP contribution in [0.15, 0.2) is 36.4 Å². The molecule has 4 nitrogen and oxygen atoms in total. The third-order valence-corrected chi connectivity index (χ3v) is 2.78. The van der Waals surface area contributed by atoms with Crippen molar-refractivity contribution in [2.45, 2.75) is 19.4 Å². The van der Waals surface area contributed by atoms with Crippen molar-refractivity contribution in [2.24, 2.45) is 12.8 Å². The first kappa shape index (κ1) is 12.6. The molecule has 0 spiro atoms. The number of nitrogens with zero attached hydrogens (tertiary/aromatic N) is 2. The van der Waals surface area contributed by atoms with Gasteiger partial charge in [0.2, 0.25) is 0 Å². The zero-order valence-electron chi connectivity index (χ0n) is 10.8. The number of ether oxygens (including phenoxy) is 1. The Morgan fingerprint density at radius 1 is 1.33 bits per heavy atom. The van der Waals surface area contributed by atoms with Gasteiger partial charge in [-0.15, -0.1) is 0 Å². The minimum Gasteiger partial charge on any atom is -0.492 e. The maximum atomic E-state index is 6.07. The van der Waals surface area contributed by atoms with Crippen molar-refractivity contribution in [3.8, 4) is 5.75 Å². The summed E-state index contributed by atoms with van der Waals surface area (Å²) in [5.41, 5.74) is 8.22. The first-order valence-electron chi connectivity index (χ1n) is 6.08. The molecule has 0 aliphatic rings. The lowest BCUT2D eigenvalue weighted by Crippen LogP contribution is -2.30. The number of aryl methyl sites for hydroxylation is 2. The average molecular weight is 245 g/mol. The third-order valence-electron chi connectivity index (χ3n) is 2.78. The molecule has 0 fully saturated rings. The molecule has 1 aromatic heterocycles. The second-order valence-electron chi connectivity index (χ2n) is 4.49. The van der Waals surface area contributed by atoms with Crippen LogP contribution in [-0.2, 0) is 13.5 Å². The van der Waals surface area contributed by atoms with E-state index in [1.165, 1.54) is 0 Å². The Hall–Kier alpha value is -1.81. The van der Waals surface area contributed by atoms with Crippen LogP contribution in [0.5, 0.6) is 5.75 Å². The highest BCUT2D eigenvalue weighted by atomic mass is 16.5. The van der Waals surface area contributed by atoms with E-state index in [2.05, 4.69) is 11.2 Å². The van der Waals surface area contributed by atoms with Crippen LogP contribution in [0.25, 0.3) is 0 Å². The van der Waals surface area contributed by atoms with Crippen LogP contribution in [0.2, 0.25) is 0 Å². The number of para-hydroxylation sites is 1. The highest BCUT2D eigenvalue weighted by Crippen LogP contribution is 2.10. The van der Waals surface area contributed by atoms with Crippen LogP contribution >= 0.6 is 0 Å². The summed E-state index contributed by atoms with van der Waals surface area (Å²) in [7, 11) is 1.94. The molecule has 96 valence electrons. The van der Waals surface area contributed by atoms with Gasteiger partial charge in [0.15, 0.2) is 0 Å². The molecule has 0 aliphatic heterocycles. The maximum Gasteiger partial charge on any atom is 0.119 e. The predicted molar refractivity (Wildman–Crippen MR) is 71.6 cm³/mol. The average Bonchev–Trinajstić information content (AvgIpc) is 2.67. The molecule has 0 saturated carbocycles. The summed E-state index contributed by atoms with van der Waals surface area (Å²) in [5, 5.41) is 4.30. The molecule has 18 heavy (non-hydrogen) atoms. The van der Waals surface area contributed by atoms with Crippen LogP contribution in [0.3, 0.4) is 0 Å². The van der Waals surface area contributed by atoms with Crippen molar-refractivity contribution < 1.29 is 4.74 Å². The van der Waals surface area contributed by atoms with Gasteiger partial charge in [-0.1, -0.05) is 18.2 Å². The van der Waals surface area contributed by atoms with Crippen LogP contribution in [-0.4, -0.2) is 22.4 Å². The lowest BCUT2D eigenvalue weighted by molar-refractivity contribution is 0.286. The minimum absolute atomic E-state index is 0.0278. The fourth-order valence-corrected chi connectivity index (χ4v) is 1.90. The molecule has 0 aliphatic carbocycles. The monoisotopic (exact) mass is 245 g/mol. The van der Waals surface area contributed by atoms with Gasteiger partial charge in [0.05, 0.1) is 5.69 Å². The summed E-state index contributed by atoms with van der Waals surface area (Å²) < 4.78 is 7.50. The quantitative estimate of drug-likeness (QED) is 0.872. The topological polar surface area (TPSA) is 53.1 Å². The highest BCUT2D eigenvalue weighted by Gasteiger charge is 2.09. The number of hydrogen-bond donors (Lipinski definition) is 1. The molecule has 4 heteroatoms. The van der Waals surface area contributed by atoms with Gasteiger partial charge >= 0.3 is 0 Å². The molecule has 0 saturated heterocycles. The first-order chi connectivity index (χ1) is 8.65. The van der Waals surface area contributed by atoms with E-state index in [1.807, 2.05) is 49.0 Å². The summed E-state index contributed by atoms with van der Waals surface area (Å²) in [4.78, 5) is 0. The molecule has 1 aromatic carbocycles. The summed E-state index contributed by atoms with van der Waals surface area (Å²) in [6.07, 6.45) is 0.768. The molecular formula is C14H19N3O. The van der Waals surface area contributed by atoms with Crippen LogP contribution < -0.4 is 10.5 Å². The largest absolute Gasteiger partial charge is 0.492 e. The molecule has 0 bridgehead atoms. The van der Waals surface area contributed by atoms with E-state index in [0.29, 0.717) is 6.61 Å². The van der Waals surface area contributed by atoms with Gasteiger partial charge in [0.25, 0.3) is 0 Å². The van der Waals surface area contributed by atoms with Gasteiger partial charge < -0.3 is 10.5 Å². The number of benzene rings is 1. The van der Waals surface area contributed by atoms with E-state index in [-0.39, 0.29) is 6.04 Å². The number of nitrogens with two attached hydrogens (primary N) is 1. The Bertz CT molecular complexity index is 493. The van der Waals surface area contributed by atoms with Gasteiger partial charge in [-0.05, 0) is 25.1 Å². The van der Waals surface area contributed by atoms with Gasteiger partial charge in [-0.2, -0.15) is 5.10 Å². The maximum absolute atomic E-state index is 6.07. The predicted octanol–water partition coefficient (Wildman–Crippen LogP) is 1.68. The Morgan fingerprint density at radius 3 is 2.67 bits per heavy atom. The molecule has 1 atom stereocenters. The van der Waals surface area contributed by atoms with Crippen LogP contribution in [0.4, 0.5) is 0 Å². The van der Waals surface area contributed by atoms with E-state index in [1.54, 1.807) is 0 Å². The normalized spacial score (nSPS) is 12.4. The van der Waals surface area contributed by atoms with Gasteiger partial charge in [0.1, 0.15) is 12.4 Å².